The van der Waals surface area contributed by atoms with Gasteiger partial charge in [-0.05, 0) is 18.6 Å². The van der Waals surface area contributed by atoms with Gasteiger partial charge < -0.3 is 10.5 Å². The largest absolute Gasteiger partial charge is 0.472 e. The zero-order valence-electron chi connectivity index (χ0n) is 9.53. The number of nitrogens with two attached hydrogens (primary N) is 1. The Balaban J connectivity index is 2.04. The molecule has 2 rings (SSSR count). The van der Waals surface area contributed by atoms with E-state index in [0.29, 0.717) is 19.0 Å². The number of nitrogens with one attached hydrogen (secondary N) is 1. The molecular weight excluding hydrogens is 282 g/mol. The molecule has 1 heterocycles. The first-order valence-electron chi connectivity index (χ1n) is 5.31. The predicted molar refractivity (Wildman–Crippen MR) is 69.7 cm³/mol. The number of H-pyrrole nitrogens is 1. The Morgan fingerprint density at radius 2 is 2.24 bits per heavy atom. The van der Waals surface area contributed by atoms with Crippen molar-refractivity contribution < 1.29 is 4.74 Å². The molecule has 1 aromatic heterocycles. The van der Waals surface area contributed by atoms with Crippen LogP contribution in [0.15, 0.2) is 28.7 Å². The van der Waals surface area contributed by atoms with Gasteiger partial charge in [0.15, 0.2) is 0 Å². The van der Waals surface area contributed by atoms with Gasteiger partial charge in [-0.15, -0.1) is 5.10 Å². The van der Waals surface area contributed by atoms with Crippen molar-refractivity contribution in [1.29, 1.82) is 0 Å². The Morgan fingerprint density at radius 1 is 1.41 bits per heavy atom. The van der Waals surface area contributed by atoms with Gasteiger partial charge in [-0.3, -0.25) is 5.10 Å². The highest BCUT2D eigenvalue weighted by Gasteiger charge is 2.04. The van der Waals surface area contributed by atoms with Gasteiger partial charge in [-0.1, -0.05) is 28.1 Å². The van der Waals surface area contributed by atoms with Crippen LogP contribution < -0.4 is 10.5 Å². The first-order valence-corrected chi connectivity index (χ1v) is 6.10. The first kappa shape index (κ1) is 12.1. The lowest BCUT2D eigenvalue weighted by Gasteiger charge is -2.06. The van der Waals surface area contributed by atoms with E-state index in [9.17, 15) is 0 Å². The van der Waals surface area contributed by atoms with Crippen LogP contribution in [-0.2, 0) is 13.2 Å². The Hall–Kier alpha value is -1.33. The topological polar surface area (TPSA) is 63.9 Å². The molecular formula is C12H14BrN3O. The van der Waals surface area contributed by atoms with Crippen molar-refractivity contribution in [2.45, 2.75) is 20.1 Å². The summed E-state index contributed by atoms with van der Waals surface area (Å²) in [5.74, 6) is 0.609. The fourth-order valence-electron chi connectivity index (χ4n) is 1.45. The van der Waals surface area contributed by atoms with Crippen molar-refractivity contribution in [3.05, 3.63) is 45.6 Å². The summed E-state index contributed by atoms with van der Waals surface area (Å²) in [6, 6.07) is 7.88. The standard InChI is InChI=1S/C12H14BrN3O/c1-8-4-12(16-15-8)17-7-10-3-2-9(6-14)5-11(10)13/h2-5H,6-7,14H2,1H3,(H,15,16). The highest BCUT2D eigenvalue weighted by molar-refractivity contribution is 9.10. The zero-order valence-corrected chi connectivity index (χ0v) is 11.1. The second-order valence-corrected chi connectivity index (χ2v) is 4.66. The summed E-state index contributed by atoms with van der Waals surface area (Å²) in [7, 11) is 0. The van der Waals surface area contributed by atoms with Crippen molar-refractivity contribution in [1.82, 2.24) is 10.2 Å². The van der Waals surface area contributed by atoms with Crippen LogP contribution in [0.2, 0.25) is 0 Å². The van der Waals surface area contributed by atoms with Crippen LogP contribution >= 0.6 is 15.9 Å². The van der Waals surface area contributed by atoms with E-state index in [0.717, 1.165) is 21.3 Å². The average molecular weight is 296 g/mol. The number of nitrogens with zero attached hydrogens (tertiary/aromatic N) is 1. The number of hydrogen-bond acceptors (Lipinski definition) is 3. The molecule has 0 fully saturated rings. The third-order valence-electron chi connectivity index (χ3n) is 2.41. The van der Waals surface area contributed by atoms with E-state index in [1.165, 1.54) is 0 Å². The Bertz CT molecular complexity index is 510. The number of benzene rings is 1. The van der Waals surface area contributed by atoms with Crippen molar-refractivity contribution in [2.75, 3.05) is 0 Å². The lowest BCUT2D eigenvalue weighted by Crippen LogP contribution is -2.00. The third kappa shape index (κ3) is 3.08. The minimum absolute atomic E-state index is 0.482. The molecule has 0 aliphatic rings. The molecule has 0 unspecified atom stereocenters. The van der Waals surface area contributed by atoms with E-state index >= 15 is 0 Å². The van der Waals surface area contributed by atoms with Gasteiger partial charge in [0.05, 0.1) is 0 Å². The number of ether oxygens (including phenoxy) is 1. The number of aromatic nitrogens is 2. The Labute approximate surface area is 108 Å². The molecule has 0 radical (unpaired) electrons. The van der Waals surface area contributed by atoms with Crippen LogP contribution in [0.1, 0.15) is 16.8 Å². The van der Waals surface area contributed by atoms with Crippen molar-refractivity contribution >= 4 is 15.9 Å². The lowest BCUT2D eigenvalue weighted by molar-refractivity contribution is 0.292. The minimum atomic E-state index is 0.482. The molecule has 4 nitrogen and oxygen atoms in total. The average Bonchev–Trinajstić information content (AvgIpc) is 2.73. The fourth-order valence-corrected chi connectivity index (χ4v) is 1.99. The number of hydrogen-bond donors (Lipinski definition) is 2. The van der Waals surface area contributed by atoms with Crippen LogP contribution in [0.5, 0.6) is 5.88 Å². The van der Waals surface area contributed by atoms with Gasteiger partial charge >= 0.3 is 0 Å². The van der Waals surface area contributed by atoms with Gasteiger partial charge in [0.25, 0.3) is 0 Å². The summed E-state index contributed by atoms with van der Waals surface area (Å²) >= 11 is 3.50. The summed E-state index contributed by atoms with van der Waals surface area (Å²) in [6.45, 7) is 2.96. The van der Waals surface area contributed by atoms with E-state index in [-0.39, 0.29) is 0 Å². The van der Waals surface area contributed by atoms with Gasteiger partial charge in [0.2, 0.25) is 5.88 Å². The molecule has 0 atom stereocenters. The lowest BCUT2D eigenvalue weighted by atomic mass is 10.1. The van der Waals surface area contributed by atoms with E-state index in [1.54, 1.807) is 0 Å². The second kappa shape index (κ2) is 5.33. The normalized spacial score (nSPS) is 10.5. The number of rotatable bonds is 4. The van der Waals surface area contributed by atoms with Crippen LogP contribution in [0.25, 0.3) is 0 Å². The number of halogens is 1. The maximum Gasteiger partial charge on any atom is 0.233 e. The maximum atomic E-state index is 5.57. The van der Waals surface area contributed by atoms with Crippen LogP contribution in [-0.4, -0.2) is 10.2 Å². The Morgan fingerprint density at radius 3 is 2.82 bits per heavy atom. The van der Waals surface area contributed by atoms with Crippen molar-refractivity contribution in [2.24, 2.45) is 5.73 Å². The second-order valence-electron chi connectivity index (χ2n) is 3.81. The van der Waals surface area contributed by atoms with Gasteiger partial charge in [-0.25, -0.2) is 0 Å². The summed E-state index contributed by atoms with van der Waals surface area (Å²) in [4.78, 5) is 0. The van der Waals surface area contributed by atoms with Crippen molar-refractivity contribution in [3.63, 3.8) is 0 Å². The highest BCUT2D eigenvalue weighted by Crippen LogP contribution is 2.20. The zero-order chi connectivity index (χ0) is 12.3. The molecule has 3 N–H and O–H groups in total. The molecule has 90 valence electrons. The van der Waals surface area contributed by atoms with E-state index in [4.69, 9.17) is 10.5 Å². The molecule has 0 amide bonds. The first-order chi connectivity index (χ1) is 8.19. The molecule has 0 spiro atoms. The third-order valence-corrected chi connectivity index (χ3v) is 3.15. The molecule has 0 saturated carbocycles. The molecule has 2 aromatic rings. The minimum Gasteiger partial charge on any atom is -0.472 e. The Kier molecular flexibility index (Phi) is 3.81. The predicted octanol–water partition coefficient (Wildman–Crippen LogP) is 2.52. The highest BCUT2D eigenvalue weighted by atomic mass is 79.9. The SMILES string of the molecule is Cc1cc(OCc2ccc(CN)cc2Br)n[nH]1. The summed E-state index contributed by atoms with van der Waals surface area (Å²) in [5, 5.41) is 6.85. The van der Waals surface area contributed by atoms with E-state index in [1.807, 2.05) is 31.2 Å². The van der Waals surface area contributed by atoms with Crippen molar-refractivity contribution in [3.8, 4) is 5.88 Å². The quantitative estimate of drug-likeness (QED) is 0.911. The van der Waals surface area contributed by atoms with Crippen LogP contribution in [0, 0.1) is 6.92 Å². The van der Waals surface area contributed by atoms with E-state index in [2.05, 4.69) is 26.1 Å². The van der Waals surface area contributed by atoms with Gasteiger partial charge in [0, 0.05) is 28.3 Å². The van der Waals surface area contributed by atoms with E-state index < -0.39 is 0 Å². The molecule has 0 saturated heterocycles. The smallest absolute Gasteiger partial charge is 0.233 e. The number of aryl methyl sites for hydroxylation is 1. The summed E-state index contributed by atoms with van der Waals surface area (Å²) in [6.07, 6.45) is 0. The molecule has 5 heteroatoms. The summed E-state index contributed by atoms with van der Waals surface area (Å²) < 4.78 is 6.57. The maximum absolute atomic E-state index is 5.57. The molecule has 0 aliphatic heterocycles. The van der Waals surface area contributed by atoms with Crippen LogP contribution in [0.3, 0.4) is 0 Å². The molecule has 17 heavy (non-hydrogen) atoms. The fraction of sp³-hybridized carbons (Fsp3) is 0.250. The summed E-state index contributed by atoms with van der Waals surface area (Å²) in [5.41, 5.74) is 8.72. The molecule has 1 aromatic carbocycles. The van der Waals surface area contributed by atoms with Gasteiger partial charge in [-0.2, -0.15) is 0 Å². The molecule has 0 bridgehead atoms. The van der Waals surface area contributed by atoms with Gasteiger partial charge in [0.1, 0.15) is 6.61 Å². The monoisotopic (exact) mass is 295 g/mol. The number of aromatic amines is 1. The molecule has 0 aliphatic carbocycles. The van der Waals surface area contributed by atoms with Crippen LogP contribution in [0.4, 0.5) is 0 Å².